The normalized spacial score (nSPS) is 19.4. The van der Waals surface area contributed by atoms with Gasteiger partial charge in [-0.05, 0) is 6.42 Å². The first-order valence-corrected chi connectivity index (χ1v) is 4.36. The van der Waals surface area contributed by atoms with E-state index in [0.717, 1.165) is 0 Å². The first-order valence-electron chi connectivity index (χ1n) is 4.36. The number of hydrogen-bond donors (Lipinski definition) is 1. The lowest BCUT2D eigenvalue weighted by Gasteiger charge is -2.01. The van der Waals surface area contributed by atoms with Gasteiger partial charge in [-0.3, -0.25) is 4.90 Å². The molecular weight excluding hydrogens is 199 g/mol. The van der Waals surface area contributed by atoms with Crippen LogP contribution in [-0.2, 0) is 0 Å². The van der Waals surface area contributed by atoms with E-state index < -0.39 is 7.25 Å². The molecule has 1 rings (SSSR count). The number of rotatable bonds is 3. The third-order valence-corrected chi connectivity index (χ3v) is 1.43. The molecule has 0 aromatic heterocycles. The van der Waals surface area contributed by atoms with Crippen molar-refractivity contribution in [2.75, 3.05) is 6.54 Å². The van der Waals surface area contributed by atoms with Crippen LogP contribution in [0.4, 0.5) is 17.3 Å². The van der Waals surface area contributed by atoms with Gasteiger partial charge in [-0.2, -0.15) is 0 Å². The number of quaternary nitrogens is 1. The van der Waals surface area contributed by atoms with Gasteiger partial charge in [0.15, 0.2) is 6.34 Å². The van der Waals surface area contributed by atoms with Gasteiger partial charge in [0.25, 0.3) is 0 Å². The molecule has 0 aliphatic carbocycles. The maximum absolute atomic E-state index is 9.75. The monoisotopic (exact) mass is 212 g/mol. The van der Waals surface area contributed by atoms with Gasteiger partial charge in [-0.25, -0.2) is 4.99 Å². The van der Waals surface area contributed by atoms with Crippen LogP contribution in [0, 0.1) is 0 Å². The average molecular weight is 212 g/mol. The second-order valence-electron chi connectivity index (χ2n) is 2.77. The fourth-order valence-corrected chi connectivity index (χ4v) is 0.849. The molecule has 1 unspecified atom stereocenters. The van der Waals surface area contributed by atoms with E-state index in [2.05, 4.69) is 18.1 Å². The molecular formula is C7H13BF4N2. The van der Waals surface area contributed by atoms with Crippen molar-refractivity contribution in [1.29, 1.82) is 0 Å². The molecule has 0 amide bonds. The molecule has 14 heavy (non-hydrogen) atoms. The lowest BCUT2D eigenvalue weighted by Crippen LogP contribution is -3.05. The van der Waals surface area contributed by atoms with Crippen LogP contribution in [0.3, 0.4) is 0 Å². The molecule has 1 atom stereocenters. The van der Waals surface area contributed by atoms with Crippen LogP contribution in [0.5, 0.6) is 0 Å². The summed E-state index contributed by atoms with van der Waals surface area (Å²) in [4.78, 5) is 5.35. The molecule has 0 bridgehead atoms. The van der Waals surface area contributed by atoms with Crippen molar-refractivity contribution in [2.45, 2.75) is 19.8 Å². The SMILES string of the molecule is CCCC[NH+]1C=CN=C1.F[B-](F)(F)F. The quantitative estimate of drug-likeness (QED) is 0.539. The van der Waals surface area contributed by atoms with E-state index in [1.807, 2.05) is 12.5 Å². The van der Waals surface area contributed by atoms with E-state index in [1.165, 1.54) is 24.3 Å². The molecule has 7 heteroatoms. The van der Waals surface area contributed by atoms with Gasteiger partial charge < -0.3 is 17.3 Å². The number of nitrogens with zero attached hydrogens (tertiary/aromatic N) is 1. The Balaban J connectivity index is 0.000000292. The van der Waals surface area contributed by atoms with Gasteiger partial charge in [0.1, 0.15) is 6.20 Å². The minimum absolute atomic E-state index is 1.19. The molecule has 0 radical (unpaired) electrons. The smallest absolute Gasteiger partial charge is 0.418 e. The summed E-state index contributed by atoms with van der Waals surface area (Å²) < 4.78 is 39.0. The van der Waals surface area contributed by atoms with Crippen LogP contribution >= 0.6 is 0 Å². The van der Waals surface area contributed by atoms with E-state index in [0.29, 0.717) is 0 Å². The highest BCUT2D eigenvalue weighted by Gasteiger charge is 2.20. The highest BCUT2D eigenvalue weighted by atomic mass is 19.5. The Morgan fingerprint density at radius 3 is 2.21 bits per heavy atom. The van der Waals surface area contributed by atoms with Crippen LogP contribution in [0.2, 0.25) is 0 Å². The van der Waals surface area contributed by atoms with Gasteiger partial charge in [-0.15, -0.1) is 0 Å². The zero-order valence-corrected chi connectivity index (χ0v) is 7.89. The topological polar surface area (TPSA) is 16.8 Å². The zero-order valence-electron chi connectivity index (χ0n) is 7.89. The van der Waals surface area contributed by atoms with Gasteiger partial charge in [0.05, 0.1) is 12.7 Å². The second-order valence-corrected chi connectivity index (χ2v) is 2.77. The Morgan fingerprint density at radius 1 is 1.29 bits per heavy atom. The number of aliphatic imine (C=N–C) groups is 1. The molecule has 1 aliphatic rings. The Kier molecular flexibility index (Phi) is 6.19. The first-order chi connectivity index (χ1) is 6.43. The summed E-state index contributed by atoms with van der Waals surface area (Å²) in [5, 5.41) is 0. The molecule has 2 nitrogen and oxygen atoms in total. The highest BCUT2D eigenvalue weighted by Crippen LogP contribution is 2.06. The van der Waals surface area contributed by atoms with Gasteiger partial charge in [-0.1, -0.05) is 13.3 Å². The number of hydrogen-bond acceptors (Lipinski definition) is 1. The standard InChI is InChI=1S/C7H12N2.BF4/c1-2-3-5-9-6-4-8-7-9;2-1(3,4)5/h4,6-7H,2-3,5H2,1H3;/q;-1/p+1. The highest BCUT2D eigenvalue weighted by molar-refractivity contribution is 6.50. The van der Waals surface area contributed by atoms with Crippen molar-refractivity contribution in [1.82, 2.24) is 0 Å². The Labute approximate surface area is 80.4 Å². The lowest BCUT2D eigenvalue weighted by molar-refractivity contribution is -0.736. The predicted molar refractivity (Wildman–Crippen MR) is 48.6 cm³/mol. The van der Waals surface area contributed by atoms with Crippen LogP contribution in [0.15, 0.2) is 17.4 Å². The Morgan fingerprint density at radius 2 is 1.86 bits per heavy atom. The summed E-state index contributed by atoms with van der Waals surface area (Å²) in [5.41, 5.74) is 0. The fourth-order valence-electron chi connectivity index (χ4n) is 0.849. The Bertz CT molecular complexity index is 184. The van der Waals surface area contributed by atoms with Gasteiger partial charge >= 0.3 is 7.25 Å². The third-order valence-electron chi connectivity index (χ3n) is 1.43. The Hall–Kier alpha value is -0.845. The molecule has 82 valence electrons. The summed E-state index contributed by atoms with van der Waals surface area (Å²) in [6.07, 6.45) is 8.42. The summed E-state index contributed by atoms with van der Waals surface area (Å²) >= 11 is 0. The van der Waals surface area contributed by atoms with Gasteiger partial charge in [0, 0.05) is 0 Å². The molecule has 0 saturated heterocycles. The number of unbranched alkanes of at least 4 members (excludes halogenated alkanes) is 1. The van der Waals surface area contributed by atoms with Crippen LogP contribution in [0.1, 0.15) is 19.8 Å². The lowest BCUT2D eigenvalue weighted by atomic mass is 10.3. The van der Waals surface area contributed by atoms with E-state index in [9.17, 15) is 17.3 Å². The number of nitrogens with one attached hydrogen (secondary N) is 1. The number of halogens is 4. The van der Waals surface area contributed by atoms with Crippen molar-refractivity contribution >= 4 is 13.6 Å². The minimum atomic E-state index is -6.00. The summed E-state index contributed by atoms with van der Waals surface area (Å²) in [5.74, 6) is 0. The van der Waals surface area contributed by atoms with E-state index >= 15 is 0 Å². The van der Waals surface area contributed by atoms with Crippen molar-refractivity contribution in [2.24, 2.45) is 4.99 Å². The van der Waals surface area contributed by atoms with E-state index in [4.69, 9.17) is 0 Å². The average Bonchev–Trinajstić information content (AvgIpc) is 2.49. The van der Waals surface area contributed by atoms with Crippen molar-refractivity contribution < 1.29 is 22.2 Å². The molecule has 1 aliphatic heterocycles. The van der Waals surface area contributed by atoms with Crippen LogP contribution < -0.4 is 4.90 Å². The van der Waals surface area contributed by atoms with E-state index in [1.54, 1.807) is 0 Å². The summed E-state index contributed by atoms with van der Waals surface area (Å²) in [6, 6.07) is 0. The van der Waals surface area contributed by atoms with E-state index in [-0.39, 0.29) is 0 Å². The molecule has 0 aromatic carbocycles. The predicted octanol–water partition coefficient (Wildman–Crippen LogP) is 1.48. The second kappa shape index (κ2) is 6.59. The van der Waals surface area contributed by atoms with Crippen LogP contribution in [0.25, 0.3) is 0 Å². The zero-order chi connectivity index (χ0) is 11.0. The maximum atomic E-state index is 9.75. The minimum Gasteiger partial charge on any atom is -0.418 e. The fraction of sp³-hybridized carbons (Fsp3) is 0.571. The maximum Gasteiger partial charge on any atom is 0.673 e. The molecule has 1 heterocycles. The summed E-state index contributed by atoms with van der Waals surface area (Å²) in [6.45, 7) is 3.40. The van der Waals surface area contributed by atoms with Gasteiger partial charge in [0.2, 0.25) is 0 Å². The first kappa shape index (κ1) is 13.2. The largest absolute Gasteiger partial charge is 0.673 e. The molecule has 0 fully saturated rings. The van der Waals surface area contributed by atoms with Crippen LogP contribution in [-0.4, -0.2) is 20.1 Å². The molecule has 1 N–H and O–H groups in total. The third kappa shape index (κ3) is 11.2. The molecule has 0 spiro atoms. The molecule has 0 aromatic rings. The summed E-state index contributed by atoms with van der Waals surface area (Å²) in [7, 11) is -6.00. The van der Waals surface area contributed by atoms with Crippen molar-refractivity contribution in [3.8, 4) is 0 Å². The molecule has 0 saturated carbocycles. The van der Waals surface area contributed by atoms with Crippen molar-refractivity contribution in [3.05, 3.63) is 12.4 Å². The van der Waals surface area contributed by atoms with Crippen molar-refractivity contribution in [3.63, 3.8) is 0 Å².